The standard InChI is InChI=1S/C25H36O5/c1-22(2,3)21(28)30-25-10-12-8-16(26)18-15(24(12,5)11-17(25)29-25)6-7-23(4)19(18)13-9-14(13)20(23)27/h12-19,26H,6-11H2,1-5H3/t12-,13-,14+,15+,16+,17?,18+,19+,23+,24+,25-/m1/s1. The van der Waals surface area contributed by atoms with E-state index in [-0.39, 0.29) is 46.8 Å². The second-order valence-electron chi connectivity index (χ2n) is 13.0. The van der Waals surface area contributed by atoms with E-state index in [0.29, 0.717) is 30.0 Å². The van der Waals surface area contributed by atoms with Gasteiger partial charge in [0.1, 0.15) is 11.9 Å². The highest BCUT2D eigenvalue weighted by molar-refractivity contribution is 5.92. The predicted molar refractivity (Wildman–Crippen MR) is 109 cm³/mol. The van der Waals surface area contributed by atoms with Crippen molar-refractivity contribution in [2.45, 2.75) is 91.1 Å². The van der Waals surface area contributed by atoms with Gasteiger partial charge in [-0.1, -0.05) is 13.8 Å². The Labute approximate surface area is 179 Å². The van der Waals surface area contributed by atoms with E-state index >= 15 is 0 Å². The van der Waals surface area contributed by atoms with E-state index in [2.05, 4.69) is 13.8 Å². The minimum atomic E-state index is -0.769. The third-order valence-electron chi connectivity index (χ3n) is 10.3. The van der Waals surface area contributed by atoms with Crippen LogP contribution >= 0.6 is 0 Å². The average Bonchev–Trinajstić information content (AvgIpc) is 3.53. The fraction of sp³-hybridized carbons (Fsp3) is 0.920. The number of carbonyl (C=O) groups is 2. The molecule has 0 spiro atoms. The summed E-state index contributed by atoms with van der Waals surface area (Å²) in [6.45, 7) is 10.2. The summed E-state index contributed by atoms with van der Waals surface area (Å²) in [5.41, 5.74) is -0.678. The summed E-state index contributed by atoms with van der Waals surface area (Å²) in [7, 11) is 0. The molecule has 0 amide bonds. The van der Waals surface area contributed by atoms with Gasteiger partial charge in [-0.2, -0.15) is 0 Å². The molecule has 5 heteroatoms. The minimum Gasteiger partial charge on any atom is -0.430 e. The number of aliphatic hydroxyl groups is 1. The number of ether oxygens (including phenoxy) is 2. The van der Waals surface area contributed by atoms with Crippen LogP contribution in [0.4, 0.5) is 0 Å². The molecule has 5 aliphatic carbocycles. The number of esters is 1. The molecule has 6 fully saturated rings. The fourth-order valence-corrected chi connectivity index (χ4v) is 8.57. The second kappa shape index (κ2) is 5.51. The van der Waals surface area contributed by atoms with Crippen LogP contribution in [0.3, 0.4) is 0 Å². The monoisotopic (exact) mass is 416 g/mol. The number of Topliss-reactive ketones (excluding diaryl/α,β-unsaturated/α-hetero) is 1. The van der Waals surface area contributed by atoms with Crippen LogP contribution in [-0.2, 0) is 19.1 Å². The molecule has 0 aromatic rings. The van der Waals surface area contributed by atoms with E-state index in [0.717, 1.165) is 32.1 Å². The molecule has 1 N–H and O–H groups in total. The molecule has 5 nitrogen and oxygen atoms in total. The normalized spacial score (nSPS) is 58.0. The number of aliphatic hydroxyl groups excluding tert-OH is 1. The van der Waals surface area contributed by atoms with Crippen molar-refractivity contribution >= 4 is 11.8 Å². The molecular formula is C25H36O5. The third kappa shape index (κ3) is 2.32. The van der Waals surface area contributed by atoms with Crippen LogP contribution in [0.1, 0.15) is 73.1 Å². The Hall–Kier alpha value is -0.940. The maximum atomic E-state index is 13.0. The van der Waals surface area contributed by atoms with Crippen molar-refractivity contribution in [1.82, 2.24) is 0 Å². The molecule has 11 atom stereocenters. The van der Waals surface area contributed by atoms with Crippen LogP contribution in [0.5, 0.6) is 0 Å². The first-order chi connectivity index (χ1) is 13.9. The number of hydrogen-bond acceptors (Lipinski definition) is 5. The van der Waals surface area contributed by atoms with Crippen molar-refractivity contribution in [3.05, 3.63) is 0 Å². The SMILES string of the molecule is CC(C)(C)C(=O)O[C@]12C[C@H]3C[C@H](O)[C@H]4[C@@H]5[C@@H]6C[C@@H]6C(=O)[C@@]5(C)CC[C@@H]4[C@@]3(C)CC1O2. The Balaban J connectivity index is 1.28. The Morgan fingerprint density at radius 1 is 1.20 bits per heavy atom. The fourth-order valence-electron chi connectivity index (χ4n) is 8.57. The molecule has 1 aliphatic heterocycles. The van der Waals surface area contributed by atoms with Gasteiger partial charge in [-0.25, -0.2) is 0 Å². The third-order valence-corrected chi connectivity index (χ3v) is 10.3. The zero-order valence-corrected chi connectivity index (χ0v) is 18.9. The topological polar surface area (TPSA) is 76.1 Å². The van der Waals surface area contributed by atoms with Crippen LogP contribution < -0.4 is 0 Å². The molecule has 0 bridgehead atoms. The van der Waals surface area contributed by atoms with Gasteiger partial charge in [0.25, 0.3) is 0 Å². The smallest absolute Gasteiger partial charge is 0.313 e. The zero-order valence-electron chi connectivity index (χ0n) is 18.9. The van der Waals surface area contributed by atoms with Gasteiger partial charge in [-0.05, 0) is 87.9 Å². The van der Waals surface area contributed by atoms with Gasteiger partial charge in [0, 0.05) is 17.8 Å². The number of fused-ring (bicyclic) bond motifs is 8. The summed E-state index contributed by atoms with van der Waals surface area (Å²) in [6, 6.07) is 0. The average molecular weight is 417 g/mol. The quantitative estimate of drug-likeness (QED) is 0.521. The van der Waals surface area contributed by atoms with Crippen molar-refractivity contribution in [1.29, 1.82) is 0 Å². The number of ketones is 1. The van der Waals surface area contributed by atoms with E-state index < -0.39 is 11.2 Å². The van der Waals surface area contributed by atoms with Crippen LogP contribution in [0, 0.1) is 51.8 Å². The Morgan fingerprint density at radius 2 is 1.93 bits per heavy atom. The lowest BCUT2D eigenvalue weighted by molar-refractivity contribution is -0.190. The number of rotatable bonds is 1. The highest BCUT2D eigenvalue weighted by Gasteiger charge is 2.75. The molecule has 5 saturated carbocycles. The van der Waals surface area contributed by atoms with Crippen molar-refractivity contribution in [3.8, 4) is 0 Å². The van der Waals surface area contributed by atoms with Gasteiger partial charge in [0.15, 0.2) is 0 Å². The van der Waals surface area contributed by atoms with Crippen molar-refractivity contribution < 1.29 is 24.2 Å². The van der Waals surface area contributed by atoms with Gasteiger partial charge in [0.05, 0.1) is 11.5 Å². The van der Waals surface area contributed by atoms with E-state index in [4.69, 9.17) is 9.47 Å². The molecule has 1 heterocycles. The number of carbonyl (C=O) groups excluding carboxylic acids is 2. The van der Waals surface area contributed by atoms with E-state index in [1.807, 2.05) is 20.8 Å². The van der Waals surface area contributed by atoms with Crippen molar-refractivity contribution in [2.75, 3.05) is 0 Å². The molecule has 1 saturated heterocycles. The molecule has 30 heavy (non-hydrogen) atoms. The van der Waals surface area contributed by atoms with E-state index in [1.165, 1.54) is 0 Å². The molecule has 0 radical (unpaired) electrons. The maximum Gasteiger partial charge on any atom is 0.313 e. The first kappa shape index (κ1) is 19.7. The lowest BCUT2D eigenvalue weighted by Gasteiger charge is -2.61. The van der Waals surface area contributed by atoms with Crippen molar-refractivity contribution in [3.63, 3.8) is 0 Å². The lowest BCUT2D eigenvalue weighted by Crippen LogP contribution is -2.60. The highest BCUT2D eigenvalue weighted by Crippen LogP contribution is 2.74. The second-order valence-corrected chi connectivity index (χ2v) is 13.0. The predicted octanol–water partition coefficient (Wildman–Crippen LogP) is 3.72. The summed E-state index contributed by atoms with van der Waals surface area (Å²) in [5.74, 6) is 1.60. The lowest BCUT2D eigenvalue weighted by atomic mass is 9.44. The molecule has 166 valence electrons. The van der Waals surface area contributed by atoms with E-state index in [1.54, 1.807) is 0 Å². The molecule has 6 rings (SSSR count). The van der Waals surface area contributed by atoms with Crippen LogP contribution in [0.25, 0.3) is 0 Å². The summed E-state index contributed by atoms with van der Waals surface area (Å²) in [4.78, 5) is 25.5. The van der Waals surface area contributed by atoms with Gasteiger partial charge in [-0.15, -0.1) is 0 Å². The van der Waals surface area contributed by atoms with Crippen LogP contribution in [-0.4, -0.2) is 34.9 Å². The summed E-state index contributed by atoms with van der Waals surface area (Å²) >= 11 is 0. The van der Waals surface area contributed by atoms with Crippen LogP contribution in [0.15, 0.2) is 0 Å². The Bertz CT molecular complexity index is 830. The maximum absolute atomic E-state index is 13.0. The highest BCUT2D eigenvalue weighted by atomic mass is 16.8. The summed E-state index contributed by atoms with van der Waals surface area (Å²) < 4.78 is 12.0. The zero-order chi connectivity index (χ0) is 21.4. The molecule has 0 aromatic carbocycles. The Kier molecular flexibility index (Phi) is 3.62. The van der Waals surface area contributed by atoms with E-state index in [9.17, 15) is 14.7 Å². The summed E-state index contributed by atoms with van der Waals surface area (Å²) in [6.07, 6.45) is 4.98. The Morgan fingerprint density at radius 3 is 2.63 bits per heavy atom. The first-order valence-electron chi connectivity index (χ1n) is 12.0. The van der Waals surface area contributed by atoms with Gasteiger partial charge >= 0.3 is 5.97 Å². The number of epoxide rings is 1. The van der Waals surface area contributed by atoms with Crippen molar-refractivity contribution in [2.24, 2.45) is 51.8 Å². The molecule has 0 aromatic heterocycles. The number of hydrogen-bond donors (Lipinski definition) is 1. The van der Waals surface area contributed by atoms with Crippen LogP contribution in [0.2, 0.25) is 0 Å². The largest absolute Gasteiger partial charge is 0.430 e. The summed E-state index contributed by atoms with van der Waals surface area (Å²) in [5, 5.41) is 11.4. The van der Waals surface area contributed by atoms with Gasteiger partial charge in [-0.3, -0.25) is 9.59 Å². The first-order valence-corrected chi connectivity index (χ1v) is 12.0. The van der Waals surface area contributed by atoms with Gasteiger partial charge in [0.2, 0.25) is 5.79 Å². The minimum absolute atomic E-state index is 0.0202. The van der Waals surface area contributed by atoms with Gasteiger partial charge < -0.3 is 14.6 Å². The molecular weight excluding hydrogens is 380 g/mol. The molecule has 6 aliphatic rings. The molecule has 1 unspecified atom stereocenters.